The molecule has 0 atom stereocenters. The lowest BCUT2D eigenvalue weighted by Crippen LogP contribution is -2.18. The Morgan fingerprint density at radius 2 is 2.37 bits per heavy atom. The zero-order chi connectivity index (χ0) is 13.2. The van der Waals surface area contributed by atoms with Gasteiger partial charge in [-0.3, -0.25) is 9.48 Å². The molecule has 1 aromatic carbocycles. The van der Waals surface area contributed by atoms with E-state index in [2.05, 4.69) is 15.7 Å². The van der Waals surface area contributed by atoms with Gasteiger partial charge in [-0.05, 0) is 24.3 Å². The molecule has 2 aromatic rings. The molecule has 98 valence electrons. The third kappa shape index (κ3) is 2.58. The van der Waals surface area contributed by atoms with Crippen molar-refractivity contribution in [1.82, 2.24) is 9.78 Å². The van der Waals surface area contributed by atoms with Crippen LogP contribution < -0.4 is 10.6 Å². The normalized spacial score (nSPS) is 13.8. The predicted octanol–water partition coefficient (Wildman–Crippen LogP) is 2.08. The quantitative estimate of drug-likeness (QED) is 0.899. The highest BCUT2D eigenvalue weighted by molar-refractivity contribution is 8.00. The Balaban J connectivity index is 1.74. The van der Waals surface area contributed by atoms with Gasteiger partial charge in [0.15, 0.2) is 0 Å². The number of thioether (sulfide) groups is 1. The molecular formula is C13H14N4OS. The second-order valence-electron chi connectivity index (χ2n) is 4.35. The SMILES string of the molecule is Cn1nccc1CNc1ccc2c(c1)NC(=O)CS2. The largest absolute Gasteiger partial charge is 0.379 e. The van der Waals surface area contributed by atoms with Gasteiger partial charge in [0.2, 0.25) is 5.91 Å². The summed E-state index contributed by atoms with van der Waals surface area (Å²) in [6.45, 7) is 0.705. The minimum Gasteiger partial charge on any atom is -0.379 e. The third-order valence-electron chi connectivity index (χ3n) is 3.01. The molecule has 2 N–H and O–H groups in total. The minimum atomic E-state index is 0.0567. The third-order valence-corrected chi connectivity index (χ3v) is 4.08. The van der Waals surface area contributed by atoms with Crippen LogP contribution in [0.3, 0.4) is 0 Å². The molecule has 0 fully saturated rings. The van der Waals surface area contributed by atoms with E-state index in [1.54, 1.807) is 18.0 Å². The number of amides is 1. The van der Waals surface area contributed by atoms with Gasteiger partial charge in [-0.15, -0.1) is 11.8 Å². The number of anilines is 2. The molecular weight excluding hydrogens is 260 g/mol. The molecule has 0 aliphatic carbocycles. The Labute approximate surface area is 115 Å². The fourth-order valence-electron chi connectivity index (χ4n) is 1.96. The molecule has 0 unspecified atom stereocenters. The summed E-state index contributed by atoms with van der Waals surface area (Å²) in [7, 11) is 1.92. The number of hydrogen-bond donors (Lipinski definition) is 2. The average molecular weight is 274 g/mol. The lowest BCUT2D eigenvalue weighted by atomic mass is 10.2. The number of rotatable bonds is 3. The van der Waals surface area contributed by atoms with Gasteiger partial charge >= 0.3 is 0 Å². The van der Waals surface area contributed by atoms with Crippen LogP contribution in [0.1, 0.15) is 5.69 Å². The number of fused-ring (bicyclic) bond motifs is 1. The second-order valence-corrected chi connectivity index (χ2v) is 5.36. The van der Waals surface area contributed by atoms with Gasteiger partial charge in [0.1, 0.15) is 0 Å². The van der Waals surface area contributed by atoms with Gasteiger partial charge in [-0.2, -0.15) is 5.10 Å². The number of hydrogen-bond acceptors (Lipinski definition) is 4. The molecule has 0 spiro atoms. The van der Waals surface area contributed by atoms with Gasteiger partial charge in [0.05, 0.1) is 23.7 Å². The van der Waals surface area contributed by atoms with Gasteiger partial charge in [0.25, 0.3) is 0 Å². The summed E-state index contributed by atoms with van der Waals surface area (Å²) in [4.78, 5) is 12.5. The summed E-state index contributed by atoms with van der Waals surface area (Å²) in [6.07, 6.45) is 1.78. The van der Waals surface area contributed by atoms with E-state index in [0.717, 1.165) is 22.0 Å². The Hall–Kier alpha value is -1.95. The molecule has 1 aliphatic rings. The van der Waals surface area contributed by atoms with Crippen LogP contribution in [-0.4, -0.2) is 21.4 Å². The first-order valence-electron chi connectivity index (χ1n) is 6.00. The van der Waals surface area contributed by atoms with Crippen molar-refractivity contribution in [2.75, 3.05) is 16.4 Å². The van der Waals surface area contributed by atoms with E-state index in [9.17, 15) is 4.79 Å². The monoisotopic (exact) mass is 274 g/mol. The van der Waals surface area contributed by atoms with E-state index < -0.39 is 0 Å². The van der Waals surface area contributed by atoms with E-state index >= 15 is 0 Å². The Morgan fingerprint density at radius 3 is 3.16 bits per heavy atom. The number of carbonyl (C=O) groups is 1. The summed E-state index contributed by atoms with van der Waals surface area (Å²) in [5.41, 5.74) is 2.98. The van der Waals surface area contributed by atoms with Crippen LogP contribution in [0, 0.1) is 0 Å². The molecule has 3 rings (SSSR count). The number of benzene rings is 1. The van der Waals surface area contributed by atoms with Gasteiger partial charge in [-0.1, -0.05) is 0 Å². The van der Waals surface area contributed by atoms with Crippen LogP contribution in [0.5, 0.6) is 0 Å². The number of nitrogens with zero attached hydrogens (tertiary/aromatic N) is 2. The van der Waals surface area contributed by atoms with Crippen molar-refractivity contribution in [3.05, 3.63) is 36.2 Å². The summed E-state index contributed by atoms with van der Waals surface area (Å²) in [5.74, 6) is 0.552. The Bertz CT molecular complexity index is 623. The van der Waals surface area contributed by atoms with Crippen molar-refractivity contribution in [3.63, 3.8) is 0 Å². The Kier molecular flexibility index (Phi) is 3.16. The van der Waals surface area contributed by atoms with Crippen LogP contribution in [-0.2, 0) is 18.4 Å². The van der Waals surface area contributed by atoms with Crippen LogP contribution >= 0.6 is 11.8 Å². The number of carbonyl (C=O) groups excluding carboxylic acids is 1. The first-order chi connectivity index (χ1) is 9.22. The van der Waals surface area contributed by atoms with Crippen molar-refractivity contribution in [3.8, 4) is 0 Å². The summed E-state index contributed by atoms with van der Waals surface area (Å²) < 4.78 is 1.84. The lowest BCUT2D eigenvalue weighted by Gasteiger charge is -2.17. The predicted molar refractivity (Wildman–Crippen MR) is 76.3 cm³/mol. The van der Waals surface area contributed by atoms with Gasteiger partial charge < -0.3 is 10.6 Å². The summed E-state index contributed by atoms with van der Waals surface area (Å²) in [6, 6.07) is 8.00. The van der Waals surface area contributed by atoms with E-state index in [-0.39, 0.29) is 5.91 Å². The zero-order valence-corrected chi connectivity index (χ0v) is 11.3. The fourth-order valence-corrected chi connectivity index (χ4v) is 2.75. The number of nitrogens with one attached hydrogen (secondary N) is 2. The second kappa shape index (κ2) is 4.97. The molecule has 0 saturated carbocycles. The van der Waals surface area contributed by atoms with Crippen LogP contribution in [0.2, 0.25) is 0 Å². The molecule has 5 nitrogen and oxygen atoms in total. The molecule has 0 saturated heterocycles. The maximum Gasteiger partial charge on any atom is 0.234 e. The number of aryl methyl sites for hydroxylation is 1. The van der Waals surface area contributed by atoms with E-state index in [1.807, 2.05) is 36.0 Å². The average Bonchev–Trinajstić information content (AvgIpc) is 2.81. The highest BCUT2D eigenvalue weighted by Crippen LogP contribution is 2.33. The minimum absolute atomic E-state index is 0.0567. The molecule has 0 radical (unpaired) electrons. The molecule has 2 heterocycles. The molecule has 19 heavy (non-hydrogen) atoms. The van der Waals surface area contributed by atoms with E-state index in [1.165, 1.54) is 0 Å². The van der Waals surface area contributed by atoms with Crippen molar-refractivity contribution < 1.29 is 4.79 Å². The van der Waals surface area contributed by atoms with Crippen molar-refractivity contribution in [1.29, 1.82) is 0 Å². The van der Waals surface area contributed by atoms with Gasteiger partial charge in [0, 0.05) is 23.8 Å². The first-order valence-corrected chi connectivity index (χ1v) is 6.98. The number of aromatic nitrogens is 2. The molecule has 1 aliphatic heterocycles. The molecule has 1 amide bonds. The maximum absolute atomic E-state index is 11.4. The highest BCUT2D eigenvalue weighted by Gasteiger charge is 2.15. The fraction of sp³-hybridized carbons (Fsp3) is 0.231. The Morgan fingerprint density at radius 1 is 1.47 bits per heavy atom. The van der Waals surface area contributed by atoms with Gasteiger partial charge in [-0.25, -0.2) is 0 Å². The standard InChI is InChI=1S/C13H14N4OS/c1-17-10(4-5-15-17)7-14-9-2-3-12-11(6-9)16-13(18)8-19-12/h2-6,14H,7-8H2,1H3,(H,16,18). The van der Waals surface area contributed by atoms with Crippen LogP contribution in [0.25, 0.3) is 0 Å². The maximum atomic E-state index is 11.4. The summed E-state index contributed by atoms with van der Waals surface area (Å²) in [5, 5.41) is 10.3. The van der Waals surface area contributed by atoms with Crippen molar-refractivity contribution >= 4 is 29.0 Å². The van der Waals surface area contributed by atoms with Crippen molar-refractivity contribution in [2.24, 2.45) is 7.05 Å². The summed E-state index contributed by atoms with van der Waals surface area (Å²) >= 11 is 1.57. The molecule has 1 aromatic heterocycles. The van der Waals surface area contributed by atoms with E-state index in [4.69, 9.17) is 0 Å². The van der Waals surface area contributed by atoms with Crippen molar-refractivity contribution in [2.45, 2.75) is 11.4 Å². The highest BCUT2D eigenvalue weighted by atomic mass is 32.2. The smallest absolute Gasteiger partial charge is 0.234 e. The molecule has 6 heteroatoms. The van der Waals surface area contributed by atoms with E-state index in [0.29, 0.717) is 12.3 Å². The zero-order valence-electron chi connectivity index (χ0n) is 10.5. The topological polar surface area (TPSA) is 59.0 Å². The lowest BCUT2D eigenvalue weighted by molar-refractivity contribution is -0.113. The molecule has 0 bridgehead atoms. The first kappa shape index (κ1) is 12.1. The van der Waals surface area contributed by atoms with Crippen LogP contribution in [0.4, 0.5) is 11.4 Å². The van der Waals surface area contributed by atoms with Crippen LogP contribution in [0.15, 0.2) is 35.4 Å².